The minimum Gasteiger partial charge on any atom is -0.454 e. The second-order valence-corrected chi connectivity index (χ2v) is 13.9. The Morgan fingerprint density at radius 2 is 0.885 bits per heavy atom. The maximum absolute atomic E-state index is 7.17. The molecule has 3 aromatic heterocycles. The second kappa shape index (κ2) is 11.2. The van der Waals surface area contributed by atoms with Crippen molar-refractivity contribution in [1.29, 1.82) is 0 Å². The highest BCUT2D eigenvalue weighted by Crippen LogP contribution is 2.47. The lowest BCUT2D eigenvalue weighted by molar-refractivity contribution is 0.669. The molecule has 0 saturated carbocycles. The number of halogens is 1. The maximum atomic E-state index is 7.17. The summed E-state index contributed by atoms with van der Waals surface area (Å²) < 4.78 is 8.73. The molecule has 0 amide bonds. The average molecular weight is 685 g/mol. The van der Waals surface area contributed by atoms with Gasteiger partial charge in [0.1, 0.15) is 5.58 Å². The highest BCUT2D eigenvalue weighted by Gasteiger charge is 2.24. The molecule has 11 rings (SSSR count). The summed E-state index contributed by atoms with van der Waals surface area (Å²) in [6, 6.07) is 62.7. The van der Waals surface area contributed by atoms with Crippen LogP contribution >= 0.6 is 11.6 Å². The van der Waals surface area contributed by atoms with Gasteiger partial charge in [0.15, 0.2) is 5.58 Å². The van der Waals surface area contributed by atoms with Gasteiger partial charge in [0.05, 0.1) is 21.6 Å². The predicted molar refractivity (Wildman–Crippen MR) is 219 cm³/mol. The third kappa shape index (κ3) is 4.33. The molecule has 0 atom stereocenters. The van der Waals surface area contributed by atoms with Gasteiger partial charge < -0.3 is 13.7 Å². The Kier molecular flexibility index (Phi) is 6.31. The number of para-hydroxylation sites is 3. The normalized spacial score (nSPS) is 11.9. The molecule has 0 fully saturated rings. The molecule has 52 heavy (non-hydrogen) atoms. The Hall–Kier alpha value is -6.55. The van der Waals surface area contributed by atoms with E-state index in [1.807, 2.05) is 24.3 Å². The van der Waals surface area contributed by atoms with Crippen LogP contribution in [-0.4, -0.2) is 4.40 Å². The lowest BCUT2D eigenvalue weighted by atomic mass is 9.97. The van der Waals surface area contributed by atoms with E-state index in [2.05, 4.69) is 161 Å². The molecule has 0 spiro atoms. The Bertz CT molecular complexity index is 3000. The summed E-state index contributed by atoms with van der Waals surface area (Å²) in [5.74, 6) is 0. The minimum absolute atomic E-state index is 0.573. The van der Waals surface area contributed by atoms with E-state index in [9.17, 15) is 0 Å². The molecule has 0 aliphatic rings. The Balaban J connectivity index is 1.27. The summed E-state index contributed by atoms with van der Waals surface area (Å²) in [5.41, 5.74) is 12.8. The fourth-order valence-electron chi connectivity index (χ4n) is 8.25. The van der Waals surface area contributed by atoms with E-state index in [-0.39, 0.29) is 0 Å². The molecule has 3 nitrogen and oxygen atoms in total. The number of hydrogen-bond donors (Lipinski definition) is 0. The molecule has 0 N–H and O–H groups in total. The number of hydrogen-bond acceptors (Lipinski definition) is 2. The molecule has 0 aliphatic carbocycles. The van der Waals surface area contributed by atoms with Crippen LogP contribution in [-0.2, 0) is 0 Å². The van der Waals surface area contributed by atoms with Gasteiger partial charge in [-0.2, -0.15) is 0 Å². The van der Waals surface area contributed by atoms with Crippen molar-refractivity contribution < 1.29 is 4.42 Å². The van der Waals surface area contributed by atoms with Crippen molar-refractivity contribution in [2.75, 3.05) is 4.90 Å². The standard InChI is InChI=1S/C48H29ClN2O/c49-43-29-36(28-42-39-19-9-12-22-46(39)52-48(42)43)50(34-24-32(30-13-3-1-4-14-30)23-33(25-34)31-15-5-2-6-16-31)35-26-40-37-17-7-10-20-44(37)51-45-21-11-8-18-38(45)41(27-35)47(40)51/h1-29H. The van der Waals surface area contributed by atoms with Crippen LogP contribution in [0.4, 0.5) is 17.1 Å². The molecule has 0 saturated heterocycles. The highest BCUT2D eigenvalue weighted by molar-refractivity contribution is 6.36. The predicted octanol–water partition coefficient (Wildman–Crippen LogP) is 14.2. The number of anilines is 3. The molecule has 11 aromatic rings. The molecule has 3 heterocycles. The van der Waals surface area contributed by atoms with E-state index in [0.29, 0.717) is 10.6 Å². The summed E-state index contributed by atoms with van der Waals surface area (Å²) >= 11 is 7.17. The zero-order valence-corrected chi connectivity index (χ0v) is 28.7. The van der Waals surface area contributed by atoms with Crippen LogP contribution in [0.25, 0.3) is 82.3 Å². The topological polar surface area (TPSA) is 20.8 Å². The smallest absolute Gasteiger partial charge is 0.154 e. The third-order valence-electron chi connectivity index (χ3n) is 10.5. The van der Waals surface area contributed by atoms with E-state index in [0.717, 1.165) is 55.7 Å². The number of fused-ring (bicyclic) bond motifs is 9. The van der Waals surface area contributed by atoms with Gasteiger partial charge in [-0.25, -0.2) is 0 Å². The summed E-state index contributed by atoms with van der Waals surface area (Å²) in [6.07, 6.45) is 0. The van der Waals surface area contributed by atoms with Gasteiger partial charge in [0.2, 0.25) is 0 Å². The lowest BCUT2D eigenvalue weighted by Gasteiger charge is -2.27. The first-order valence-corrected chi connectivity index (χ1v) is 17.9. The van der Waals surface area contributed by atoms with E-state index < -0.39 is 0 Å². The van der Waals surface area contributed by atoms with Crippen molar-refractivity contribution in [1.82, 2.24) is 4.40 Å². The van der Waals surface area contributed by atoms with Crippen molar-refractivity contribution in [3.05, 3.63) is 181 Å². The molecule has 0 unspecified atom stereocenters. The summed E-state index contributed by atoms with van der Waals surface area (Å²) in [4.78, 5) is 2.37. The average Bonchev–Trinajstić information content (AvgIpc) is 3.86. The number of aromatic nitrogens is 1. The van der Waals surface area contributed by atoms with E-state index in [1.54, 1.807) is 0 Å². The lowest BCUT2D eigenvalue weighted by Crippen LogP contribution is -2.10. The molecule has 4 heteroatoms. The van der Waals surface area contributed by atoms with Crippen molar-refractivity contribution in [2.24, 2.45) is 0 Å². The second-order valence-electron chi connectivity index (χ2n) is 13.5. The zero-order chi connectivity index (χ0) is 34.3. The van der Waals surface area contributed by atoms with Crippen LogP contribution in [0.2, 0.25) is 5.02 Å². The van der Waals surface area contributed by atoms with Crippen molar-refractivity contribution in [2.45, 2.75) is 0 Å². The van der Waals surface area contributed by atoms with Gasteiger partial charge in [-0.3, -0.25) is 0 Å². The first-order chi connectivity index (χ1) is 25.7. The zero-order valence-electron chi connectivity index (χ0n) is 27.9. The van der Waals surface area contributed by atoms with E-state index in [1.165, 1.54) is 38.1 Å². The molecular formula is C48H29ClN2O. The minimum atomic E-state index is 0.573. The largest absolute Gasteiger partial charge is 0.454 e. The van der Waals surface area contributed by atoms with Gasteiger partial charge in [-0.1, -0.05) is 127 Å². The number of furan rings is 1. The molecule has 0 radical (unpaired) electrons. The van der Waals surface area contributed by atoms with Gasteiger partial charge >= 0.3 is 0 Å². The van der Waals surface area contributed by atoms with E-state index >= 15 is 0 Å². The van der Waals surface area contributed by atoms with Crippen LogP contribution in [0.5, 0.6) is 0 Å². The Labute approximate surface area is 304 Å². The van der Waals surface area contributed by atoms with Gasteiger partial charge in [0.25, 0.3) is 0 Å². The van der Waals surface area contributed by atoms with Crippen LogP contribution in [0.3, 0.4) is 0 Å². The Morgan fingerprint density at radius 1 is 0.404 bits per heavy atom. The molecule has 8 aromatic carbocycles. The number of rotatable bonds is 5. The molecule has 244 valence electrons. The first kappa shape index (κ1) is 29.2. The van der Waals surface area contributed by atoms with Crippen LogP contribution in [0.15, 0.2) is 180 Å². The third-order valence-corrected chi connectivity index (χ3v) is 10.8. The van der Waals surface area contributed by atoms with E-state index in [4.69, 9.17) is 16.0 Å². The monoisotopic (exact) mass is 684 g/mol. The fraction of sp³-hybridized carbons (Fsp3) is 0. The molecule has 0 aliphatic heterocycles. The fourth-order valence-corrected chi connectivity index (χ4v) is 8.50. The summed E-state index contributed by atoms with van der Waals surface area (Å²) in [5, 5.41) is 7.48. The molecular weight excluding hydrogens is 656 g/mol. The highest BCUT2D eigenvalue weighted by atomic mass is 35.5. The maximum Gasteiger partial charge on any atom is 0.154 e. The van der Waals surface area contributed by atoms with Gasteiger partial charge in [0, 0.05) is 49.4 Å². The van der Waals surface area contributed by atoms with Crippen molar-refractivity contribution in [3.8, 4) is 22.3 Å². The van der Waals surface area contributed by atoms with Crippen molar-refractivity contribution in [3.63, 3.8) is 0 Å². The van der Waals surface area contributed by atoms with Gasteiger partial charge in [-0.05, 0) is 82.9 Å². The number of nitrogens with zero attached hydrogens (tertiary/aromatic N) is 2. The SMILES string of the molecule is Clc1cc(N(c2cc(-c3ccccc3)cc(-c3ccccc3)c2)c2cc3c4ccccc4n4c5ccccc5c(c2)c34)cc2c1oc1ccccc12. The first-order valence-electron chi connectivity index (χ1n) is 17.5. The van der Waals surface area contributed by atoms with Crippen LogP contribution in [0, 0.1) is 0 Å². The van der Waals surface area contributed by atoms with Crippen LogP contribution < -0.4 is 4.90 Å². The number of benzene rings is 8. The van der Waals surface area contributed by atoms with Gasteiger partial charge in [-0.15, -0.1) is 0 Å². The van der Waals surface area contributed by atoms with Crippen LogP contribution in [0.1, 0.15) is 0 Å². The van der Waals surface area contributed by atoms with Crippen molar-refractivity contribution >= 4 is 88.7 Å². The summed E-state index contributed by atoms with van der Waals surface area (Å²) in [6.45, 7) is 0. The Morgan fingerprint density at radius 3 is 1.50 bits per heavy atom. The molecule has 0 bridgehead atoms. The quantitative estimate of drug-likeness (QED) is 0.180. The summed E-state index contributed by atoms with van der Waals surface area (Å²) in [7, 11) is 0.